The number of nitrogens with zero attached hydrogens (tertiary/aromatic N) is 1. The Morgan fingerprint density at radius 2 is 1.81 bits per heavy atom. The molecule has 4 nitrogen and oxygen atoms in total. The second kappa shape index (κ2) is 10.9. The first kappa shape index (κ1) is 20.3. The van der Waals surface area contributed by atoms with Crippen LogP contribution in [0.3, 0.4) is 0 Å². The molecule has 142 valence electrons. The van der Waals surface area contributed by atoms with Gasteiger partial charge in [0.25, 0.3) is 0 Å². The van der Waals surface area contributed by atoms with Crippen molar-refractivity contribution in [2.24, 2.45) is 0 Å². The van der Waals surface area contributed by atoms with Gasteiger partial charge in [0.1, 0.15) is 11.5 Å². The van der Waals surface area contributed by atoms with Gasteiger partial charge in [-0.1, -0.05) is 49.4 Å². The number of ether oxygens (including phenoxy) is 2. The number of amides is 1. The molecule has 0 unspecified atom stereocenters. The molecule has 0 atom stereocenters. The lowest BCUT2D eigenvalue weighted by Gasteiger charge is -2.18. The van der Waals surface area contributed by atoms with Gasteiger partial charge in [-0.3, -0.25) is 4.79 Å². The van der Waals surface area contributed by atoms with Crippen molar-refractivity contribution < 1.29 is 14.3 Å². The predicted molar refractivity (Wildman–Crippen MR) is 111 cm³/mol. The Kier molecular flexibility index (Phi) is 8.17. The summed E-state index contributed by atoms with van der Waals surface area (Å²) in [6, 6.07) is 15.6. The molecule has 0 aliphatic rings. The van der Waals surface area contributed by atoms with Gasteiger partial charge in [-0.2, -0.15) is 0 Å². The number of hydrogen-bond acceptors (Lipinski definition) is 3. The van der Waals surface area contributed by atoms with Gasteiger partial charge < -0.3 is 14.4 Å². The fourth-order valence-corrected chi connectivity index (χ4v) is 2.66. The number of rotatable bonds is 9. The monoisotopic (exact) mass is 365 g/mol. The van der Waals surface area contributed by atoms with Crippen molar-refractivity contribution in [1.82, 2.24) is 4.90 Å². The van der Waals surface area contributed by atoms with E-state index in [2.05, 4.69) is 6.92 Å². The Morgan fingerprint density at radius 1 is 1.04 bits per heavy atom. The summed E-state index contributed by atoms with van der Waals surface area (Å²) in [5.74, 6) is 1.37. The van der Waals surface area contributed by atoms with E-state index in [1.54, 1.807) is 32.4 Å². The summed E-state index contributed by atoms with van der Waals surface area (Å²) in [6.45, 7) is 3.35. The third-order valence-corrected chi connectivity index (χ3v) is 4.09. The summed E-state index contributed by atoms with van der Waals surface area (Å²) >= 11 is 0. The van der Waals surface area contributed by atoms with Crippen LogP contribution in [0, 0.1) is 0 Å². The molecule has 0 fully saturated rings. The minimum atomic E-state index is -0.0209. The quantitative estimate of drug-likeness (QED) is 0.606. The fourth-order valence-electron chi connectivity index (χ4n) is 2.66. The van der Waals surface area contributed by atoms with Crippen molar-refractivity contribution in [3.05, 3.63) is 71.8 Å². The van der Waals surface area contributed by atoms with Crippen LogP contribution < -0.4 is 9.47 Å². The summed E-state index contributed by atoms with van der Waals surface area (Å²) in [5.41, 5.74) is 1.96. The van der Waals surface area contributed by atoms with E-state index in [-0.39, 0.29) is 5.91 Å². The van der Waals surface area contributed by atoms with Crippen LogP contribution in [0.4, 0.5) is 0 Å². The van der Waals surface area contributed by atoms with Crippen LogP contribution in [0.5, 0.6) is 11.5 Å². The van der Waals surface area contributed by atoms with Crippen LogP contribution in [-0.4, -0.2) is 38.1 Å². The first-order chi connectivity index (χ1) is 13.2. The van der Waals surface area contributed by atoms with Crippen LogP contribution in [0.15, 0.2) is 60.7 Å². The molecule has 4 heteroatoms. The molecule has 0 bridgehead atoms. The normalized spacial score (nSPS) is 11.1. The van der Waals surface area contributed by atoms with E-state index in [0.29, 0.717) is 24.6 Å². The van der Waals surface area contributed by atoms with Gasteiger partial charge in [-0.25, -0.2) is 0 Å². The zero-order valence-corrected chi connectivity index (χ0v) is 16.2. The molecule has 27 heavy (non-hydrogen) atoms. The highest BCUT2D eigenvalue weighted by molar-refractivity contribution is 5.92. The van der Waals surface area contributed by atoms with Crippen molar-refractivity contribution in [3.63, 3.8) is 0 Å². The van der Waals surface area contributed by atoms with Gasteiger partial charge in [0.15, 0.2) is 0 Å². The Morgan fingerprint density at radius 3 is 2.48 bits per heavy atom. The van der Waals surface area contributed by atoms with Crippen LogP contribution in [0.25, 0.3) is 12.2 Å². The summed E-state index contributed by atoms with van der Waals surface area (Å²) < 4.78 is 10.6. The molecule has 0 N–H and O–H groups in total. The summed E-state index contributed by atoms with van der Waals surface area (Å²) in [4.78, 5) is 14.4. The zero-order valence-electron chi connectivity index (χ0n) is 16.2. The minimum absolute atomic E-state index is 0.0209. The number of carbonyl (C=O) groups excluding carboxylic acids is 1. The summed E-state index contributed by atoms with van der Waals surface area (Å²) in [6.07, 6.45) is 8.34. The first-order valence-electron chi connectivity index (χ1n) is 9.08. The average Bonchev–Trinajstić information content (AvgIpc) is 2.72. The molecule has 0 aliphatic heterocycles. The molecule has 0 saturated carbocycles. The second-order valence-electron chi connectivity index (χ2n) is 6.04. The minimum Gasteiger partial charge on any atom is -0.497 e. The molecule has 2 rings (SSSR count). The first-order valence-corrected chi connectivity index (χ1v) is 9.08. The molecular formula is C23H27NO3. The summed E-state index contributed by atoms with van der Waals surface area (Å²) in [7, 11) is 3.21. The van der Waals surface area contributed by atoms with Gasteiger partial charge in [0, 0.05) is 30.8 Å². The summed E-state index contributed by atoms with van der Waals surface area (Å²) in [5, 5.41) is 0. The molecule has 2 aromatic rings. The van der Waals surface area contributed by atoms with E-state index >= 15 is 0 Å². The number of carbonyl (C=O) groups is 1. The van der Waals surface area contributed by atoms with Gasteiger partial charge in [-0.15, -0.1) is 0 Å². The molecule has 0 radical (unpaired) electrons. The molecule has 0 heterocycles. The van der Waals surface area contributed by atoms with Crippen molar-refractivity contribution in [2.45, 2.75) is 13.3 Å². The van der Waals surface area contributed by atoms with Gasteiger partial charge in [0.05, 0.1) is 14.2 Å². The van der Waals surface area contributed by atoms with Crippen LogP contribution in [0.1, 0.15) is 24.5 Å². The smallest absolute Gasteiger partial charge is 0.246 e. The number of benzene rings is 2. The third-order valence-electron chi connectivity index (χ3n) is 4.09. The third kappa shape index (κ3) is 6.33. The predicted octanol–water partition coefficient (Wildman–Crippen LogP) is 4.67. The van der Waals surface area contributed by atoms with E-state index in [0.717, 1.165) is 17.5 Å². The lowest BCUT2D eigenvalue weighted by atomic mass is 10.1. The maximum absolute atomic E-state index is 12.6. The van der Waals surface area contributed by atoms with Crippen LogP contribution in [-0.2, 0) is 4.79 Å². The van der Waals surface area contributed by atoms with E-state index in [1.165, 1.54) is 0 Å². The maximum Gasteiger partial charge on any atom is 0.246 e. The van der Waals surface area contributed by atoms with Crippen molar-refractivity contribution in [1.29, 1.82) is 0 Å². The Balaban J connectivity index is 2.05. The second-order valence-corrected chi connectivity index (χ2v) is 6.04. The highest BCUT2D eigenvalue weighted by atomic mass is 16.5. The highest BCUT2D eigenvalue weighted by Gasteiger charge is 2.09. The standard InChI is InChI=1S/C23H27NO3/c1-4-16-24(17-8-11-19-9-6-5-7-10-19)23(25)15-13-20-12-14-21(26-2)18-22(20)27-3/h5-15,18H,4,16-17H2,1-3H3/b11-8+,15-13+. The lowest BCUT2D eigenvalue weighted by molar-refractivity contribution is -0.125. The van der Waals surface area contributed by atoms with Gasteiger partial charge in [-0.05, 0) is 30.2 Å². The molecule has 2 aromatic carbocycles. The maximum atomic E-state index is 12.6. The van der Waals surface area contributed by atoms with Crippen LogP contribution in [0.2, 0.25) is 0 Å². The van der Waals surface area contributed by atoms with Crippen molar-refractivity contribution >= 4 is 18.1 Å². The molecule has 1 amide bonds. The van der Waals surface area contributed by atoms with Crippen molar-refractivity contribution in [3.8, 4) is 11.5 Å². The Labute approximate surface area is 161 Å². The zero-order chi connectivity index (χ0) is 19.5. The Bertz CT molecular complexity index is 781. The van der Waals surface area contributed by atoms with Gasteiger partial charge in [0.2, 0.25) is 5.91 Å². The topological polar surface area (TPSA) is 38.8 Å². The van der Waals surface area contributed by atoms with E-state index < -0.39 is 0 Å². The molecule has 0 spiro atoms. The van der Waals surface area contributed by atoms with Crippen molar-refractivity contribution in [2.75, 3.05) is 27.3 Å². The number of methoxy groups -OCH3 is 2. The lowest BCUT2D eigenvalue weighted by Crippen LogP contribution is -2.30. The molecular weight excluding hydrogens is 338 g/mol. The largest absolute Gasteiger partial charge is 0.497 e. The van der Waals surface area contributed by atoms with Gasteiger partial charge >= 0.3 is 0 Å². The highest BCUT2D eigenvalue weighted by Crippen LogP contribution is 2.25. The average molecular weight is 365 g/mol. The van der Waals surface area contributed by atoms with E-state index in [4.69, 9.17) is 9.47 Å². The molecule has 0 aromatic heterocycles. The fraction of sp³-hybridized carbons (Fsp3) is 0.261. The SMILES string of the molecule is CCCN(C/C=C/c1ccccc1)C(=O)/C=C/c1ccc(OC)cc1OC. The van der Waals surface area contributed by atoms with E-state index in [9.17, 15) is 4.79 Å². The van der Waals surface area contributed by atoms with E-state index in [1.807, 2.05) is 59.5 Å². The molecule has 0 saturated heterocycles. The Hall–Kier alpha value is -3.01. The van der Waals surface area contributed by atoms with Crippen LogP contribution >= 0.6 is 0 Å². The molecule has 0 aliphatic carbocycles. The number of hydrogen-bond donors (Lipinski definition) is 0.